The summed E-state index contributed by atoms with van der Waals surface area (Å²) in [5, 5.41) is 2.32. The van der Waals surface area contributed by atoms with Crippen molar-refractivity contribution in [3.05, 3.63) is 47.7 Å². The maximum Gasteiger partial charge on any atom is 0.416 e. The van der Waals surface area contributed by atoms with Gasteiger partial charge in [0.25, 0.3) is 11.8 Å². The Labute approximate surface area is 181 Å². The first-order valence-electron chi connectivity index (χ1n) is 9.54. The highest BCUT2D eigenvalue weighted by atomic mass is 32.2. The van der Waals surface area contributed by atoms with Crippen LogP contribution in [0.25, 0.3) is 0 Å². The Kier molecular flexibility index (Phi) is 6.20. The van der Waals surface area contributed by atoms with E-state index in [2.05, 4.69) is 10.3 Å². The lowest BCUT2D eigenvalue weighted by molar-refractivity contribution is -0.137. The lowest BCUT2D eigenvalue weighted by atomic mass is 9.94. The van der Waals surface area contributed by atoms with Gasteiger partial charge in [0, 0.05) is 49.3 Å². The molecule has 0 bridgehead atoms. The summed E-state index contributed by atoms with van der Waals surface area (Å²) in [4.78, 5) is 18.2. The van der Waals surface area contributed by atoms with Gasteiger partial charge in [-0.15, -0.1) is 0 Å². The van der Waals surface area contributed by atoms with Crippen LogP contribution in [0.3, 0.4) is 0 Å². The fraction of sp³-hybridized carbons (Fsp3) is 0.400. The van der Waals surface area contributed by atoms with Gasteiger partial charge in [0.05, 0.1) is 20.9 Å². The second kappa shape index (κ2) is 8.30. The molecule has 1 aromatic heterocycles. The average Bonchev–Trinajstić information content (AvgIpc) is 2.68. The highest BCUT2D eigenvalue weighted by Gasteiger charge is 2.42. The summed E-state index contributed by atoms with van der Waals surface area (Å²) < 4.78 is 87.1. The van der Waals surface area contributed by atoms with Crippen molar-refractivity contribution in [2.75, 3.05) is 29.6 Å². The number of carbonyl (C=O) groups excluding carboxylic acids is 1. The Morgan fingerprint density at radius 2 is 1.97 bits per heavy atom. The molecule has 1 saturated heterocycles. The summed E-state index contributed by atoms with van der Waals surface area (Å²) >= 11 is 0. The molecular formula is C20H21F5N4O2S. The standard InChI is InChI=1S/C20H21F5N4O2S/c1-12-11-29(8-6-19(12,21)22)16-4-3-13(20(23,24)25)9-15(16)18(30)28-14-5-7-27-17(10-14)32(2,26)31/h3-5,7,9-10,12,26H,6,8,11H2,1-2H3,(H,27,28,30)/t12-,32+/m0/s1. The molecule has 0 saturated carbocycles. The molecule has 2 N–H and O–H groups in total. The van der Waals surface area contributed by atoms with Crippen molar-refractivity contribution in [2.24, 2.45) is 5.92 Å². The Bertz CT molecular complexity index is 1140. The molecule has 2 heterocycles. The Morgan fingerprint density at radius 1 is 1.28 bits per heavy atom. The summed E-state index contributed by atoms with van der Waals surface area (Å²) in [6.07, 6.45) is -2.85. The number of amides is 1. The molecular weight excluding hydrogens is 455 g/mol. The van der Waals surface area contributed by atoms with Gasteiger partial charge in [0.2, 0.25) is 0 Å². The van der Waals surface area contributed by atoms with Crippen molar-refractivity contribution < 1.29 is 31.0 Å². The topological polar surface area (TPSA) is 86.2 Å². The first-order valence-corrected chi connectivity index (χ1v) is 11.5. The second-order valence-electron chi connectivity index (χ2n) is 7.77. The van der Waals surface area contributed by atoms with Crippen molar-refractivity contribution in [1.29, 1.82) is 4.78 Å². The number of carbonyl (C=O) groups is 1. The quantitative estimate of drug-likeness (QED) is 0.617. The predicted octanol–water partition coefficient (Wildman–Crippen LogP) is 4.87. The minimum absolute atomic E-state index is 0.0868. The van der Waals surface area contributed by atoms with E-state index in [1.807, 2.05) is 0 Å². The molecule has 1 fully saturated rings. The number of rotatable bonds is 4. The summed E-state index contributed by atoms with van der Waals surface area (Å²) in [6.45, 7) is 1.09. The first kappa shape index (κ1) is 23.9. The molecule has 0 radical (unpaired) electrons. The van der Waals surface area contributed by atoms with Crippen LogP contribution in [0.4, 0.5) is 33.3 Å². The zero-order chi connectivity index (χ0) is 23.9. The molecule has 1 aliphatic heterocycles. The van der Waals surface area contributed by atoms with Gasteiger partial charge >= 0.3 is 6.18 Å². The Morgan fingerprint density at radius 3 is 2.56 bits per heavy atom. The minimum atomic E-state index is -4.71. The Balaban J connectivity index is 1.99. The molecule has 1 aliphatic rings. The molecule has 2 aromatic rings. The number of hydrogen-bond donors (Lipinski definition) is 2. The molecule has 2 atom stereocenters. The predicted molar refractivity (Wildman–Crippen MR) is 110 cm³/mol. The van der Waals surface area contributed by atoms with Crippen LogP contribution in [0, 0.1) is 10.7 Å². The van der Waals surface area contributed by atoms with Gasteiger partial charge in [0.15, 0.2) is 0 Å². The maximum absolute atomic E-state index is 13.9. The van der Waals surface area contributed by atoms with Gasteiger partial charge in [-0.25, -0.2) is 22.8 Å². The van der Waals surface area contributed by atoms with Gasteiger partial charge in [-0.1, -0.05) is 6.92 Å². The summed E-state index contributed by atoms with van der Waals surface area (Å²) in [7, 11) is -3.18. The molecule has 6 nitrogen and oxygen atoms in total. The number of nitrogens with zero attached hydrogens (tertiary/aromatic N) is 2. The monoisotopic (exact) mass is 476 g/mol. The van der Waals surface area contributed by atoms with Crippen LogP contribution in [0.15, 0.2) is 41.6 Å². The second-order valence-corrected chi connectivity index (χ2v) is 9.87. The molecule has 1 amide bonds. The Hall–Kier alpha value is -2.76. The highest BCUT2D eigenvalue weighted by Crippen LogP contribution is 2.38. The van der Waals surface area contributed by atoms with Crippen LogP contribution in [-0.4, -0.2) is 40.4 Å². The van der Waals surface area contributed by atoms with Gasteiger partial charge in [-0.05, 0) is 30.3 Å². The van der Waals surface area contributed by atoms with Crippen LogP contribution in [0.1, 0.15) is 29.3 Å². The minimum Gasteiger partial charge on any atom is -0.370 e. The van der Waals surface area contributed by atoms with Crippen molar-refractivity contribution in [2.45, 2.75) is 30.5 Å². The van der Waals surface area contributed by atoms with Crippen molar-refractivity contribution in [3.8, 4) is 0 Å². The van der Waals surface area contributed by atoms with Crippen LogP contribution in [-0.2, 0) is 15.9 Å². The van der Waals surface area contributed by atoms with E-state index in [0.29, 0.717) is 6.07 Å². The van der Waals surface area contributed by atoms with E-state index in [1.165, 1.54) is 30.2 Å². The zero-order valence-electron chi connectivity index (χ0n) is 17.2. The van der Waals surface area contributed by atoms with Gasteiger partial charge in [0.1, 0.15) is 5.03 Å². The third-order valence-electron chi connectivity index (χ3n) is 5.23. The maximum atomic E-state index is 13.9. The number of nitrogens with one attached hydrogen (secondary N) is 2. The number of aromatic nitrogens is 1. The molecule has 174 valence electrons. The van der Waals surface area contributed by atoms with Crippen molar-refractivity contribution in [1.82, 2.24) is 4.98 Å². The third-order valence-corrected chi connectivity index (χ3v) is 6.25. The largest absolute Gasteiger partial charge is 0.416 e. The molecule has 0 unspecified atom stereocenters. The highest BCUT2D eigenvalue weighted by molar-refractivity contribution is 7.91. The van der Waals surface area contributed by atoms with E-state index in [0.717, 1.165) is 18.4 Å². The summed E-state index contributed by atoms with van der Waals surface area (Å²) in [5.74, 6) is -4.85. The molecule has 0 aliphatic carbocycles. The van der Waals surface area contributed by atoms with Crippen molar-refractivity contribution in [3.63, 3.8) is 0 Å². The van der Waals surface area contributed by atoms with E-state index in [4.69, 9.17) is 4.78 Å². The summed E-state index contributed by atoms with van der Waals surface area (Å²) in [5.41, 5.74) is -1.20. The smallest absolute Gasteiger partial charge is 0.370 e. The van der Waals surface area contributed by atoms with Crippen LogP contribution < -0.4 is 10.2 Å². The summed E-state index contributed by atoms with van der Waals surface area (Å²) in [6, 6.07) is 5.13. The van der Waals surface area contributed by atoms with Crippen LogP contribution in [0.5, 0.6) is 0 Å². The lowest BCUT2D eigenvalue weighted by Gasteiger charge is -2.38. The fourth-order valence-corrected chi connectivity index (χ4v) is 3.99. The zero-order valence-corrected chi connectivity index (χ0v) is 18.0. The normalized spacial score (nSPS) is 20.5. The van der Waals surface area contributed by atoms with E-state index >= 15 is 0 Å². The number of alkyl halides is 5. The number of piperidine rings is 1. The number of hydrogen-bond acceptors (Lipinski definition) is 5. The van der Waals surface area contributed by atoms with E-state index in [-0.39, 0.29) is 35.1 Å². The number of anilines is 2. The number of benzene rings is 1. The third kappa shape index (κ3) is 5.17. The van der Waals surface area contributed by atoms with Gasteiger partial charge in [-0.2, -0.15) is 13.2 Å². The van der Waals surface area contributed by atoms with E-state index in [9.17, 15) is 31.0 Å². The van der Waals surface area contributed by atoms with E-state index < -0.39 is 45.6 Å². The van der Waals surface area contributed by atoms with Crippen LogP contribution in [0.2, 0.25) is 0 Å². The van der Waals surface area contributed by atoms with Gasteiger partial charge < -0.3 is 10.2 Å². The molecule has 1 aromatic carbocycles. The molecule has 32 heavy (non-hydrogen) atoms. The average molecular weight is 476 g/mol. The lowest BCUT2D eigenvalue weighted by Crippen LogP contribution is -2.46. The fourth-order valence-electron chi connectivity index (χ4n) is 3.37. The number of halogens is 5. The SMILES string of the molecule is C[C@H]1CN(c2ccc(C(F)(F)F)cc2C(=O)Nc2ccnc([S@](C)(=N)=O)c2)CCC1(F)F. The van der Waals surface area contributed by atoms with E-state index in [1.54, 1.807) is 0 Å². The number of pyridine rings is 1. The molecule has 3 rings (SSSR count). The first-order chi connectivity index (χ1) is 14.7. The molecule has 0 spiro atoms. The molecule has 12 heteroatoms. The van der Waals surface area contributed by atoms with Crippen molar-refractivity contribution >= 4 is 27.0 Å². The van der Waals surface area contributed by atoms with Gasteiger partial charge in [-0.3, -0.25) is 4.79 Å². The van der Waals surface area contributed by atoms with Crippen LogP contribution >= 0.6 is 0 Å².